The first-order valence-electron chi connectivity index (χ1n) is 11.7. The van der Waals surface area contributed by atoms with Gasteiger partial charge in [-0.2, -0.15) is 0 Å². The Morgan fingerprint density at radius 3 is 2.42 bits per heavy atom. The van der Waals surface area contributed by atoms with Crippen molar-refractivity contribution in [3.63, 3.8) is 0 Å². The van der Waals surface area contributed by atoms with Crippen molar-refractivity contribution in [2.75, 3.05) is 23.2 Å². The monoisotopic (exact) mass is 507 g/mol. The summed E-state index contributed by atoms with van der Waals surface area (Å²) >= 11 is 0. The van der Waals surface area contributed by atoms with Crippen molar-refractivity contribution in [1.82, 2.24) is 5.32 Å². The van der Waals surface area contributed by atoms with Gasteiger partial charge < -0.3 is 15.4 Å². The molecule has 0 unspecified atom stereocenters. The zero-order valence-electron chi connectivity index (χ0n) is 20.2. The third-order valence-electron chi connectivity index (χ3n) is 6.01. The zero-order valence-corrected chi connectivity index (χ0v) is 21.0. The van der Waals surface area contributed by atoms with Crippen LogP contribution in [0.5, 0.6) is 0 Å². The minimum atomic E-state index is -3.83. The Labute approximate surface area is 211 Å². The van der Waals surface area contributed by atoms with Crippen molar-refractivity contribution in [3.8, 4) is 0 Å². The van der Waals surface area contributed by atoms with E-state index in [0.29, 0.717) is 35.7 Å². The lowest BCUT2D eigenvalue weighted by atomic mass is 10.1. The van der Waals surface area contributed by atoms with Gasteiger partial charge in [0.2, 0.25) is 0 Å². The van der Waals surface area contributed by atoms with Gasteiger partial charge in [-0.25, -0.2) is 8.42 Å². The number of nitrogens with one attached hydrogen (secondary N) is 3. The lowest BCUT2D eigenvalue weighted by Crippen LogP contribution is -2.32. The number of para-hydroxylation sites is 1. The van der Waals surface area contributed by atoms with E-state index in [1.807, 2.05) is 6.92 Å². The normalized spacial score (nSPS) is 15.3. The van der Waals surface area contributed by atoms with E-state index in [-0.39, 0.29) is 22.5 Å². The average Bonchev–Trinajstić information content (AvgIpc) is 3.38. The van der Waals surface area contributed by atoms with Crippen LogP contribution in [-0.4, -0.2) is 39.5 Å². The fourth-order valence-corrected chi connectivity index (χ4v) is 5.01. The molecule has 36 heavy (non-hydrogen) atoms. The highest BCUT2D eigenvalue weighted by Gasteiger charge is 2.20. The summed E-state index contributed by atoms with van der Waals surface area (Å²) in [5, 5.41) is 5.64. The van der Waals surface area contributed by atoms with Crippen molar-refractivity contribution >= 4 is 33.2 Å². The van der Waals surface area contributed by atoms with Gasteiger partial charge in [-0.05, 0) is 68.7 Å². The van der Waals surface area contributed by atoms with E-state index in [4.69, 9.17) is 4.74 Å². The molecule has 0 saturated carbocycles. The van der Waals surface area contributed by atoms with E-state index in [1.54, 1.807) is 55.5 Å². The molecule has 1 aliphatic heterocycles. The molecule has 3 N–H and O–H groups in total. The van der Waals surface area contributed by atoms with Gasteiger partial charge in [-0.3, -0.25) is 14.3 Å². The summed E-state index contributed by atoms with van der Waals surface area (Å²) < 4.78 is 33.8. The SMILES string of the molecule is Cc1ccc(S(=O)(=O)Nc2cc(C(=O)Nc3ccccc3C(=O)NC[C@H]3CCCO3)ccc2C)cc1. The number of hydrogen-bond acceptors (Lipinski definition) is 5. The number of amides is 2. The summed E-state index contributed by atoms with van der Waals surface area (Å²) in [6.07, 6.45) is 1.89. The van der Waals surface area contributed by atoms with Gasteiger partial charge in [0, 0.05) is 18.7 Å². The van der Waals surface area contributed by atoms with Crippen LogP contribution in [0, 0.1) is 13.8 Å². The number of carbonyl (C=O) groups excluding carboxylic acids is 2. The van der Waals surface area contributed by atoms with Crippen molar-refractivity contribution in [2.24, 2.45) is 0 Å². The summed E-state index contributed by atoms with van der Waals surface area (Å²) in [6, 6.07) is 18.0. The van der Waals surface area contributed by atoms with Gasteiger partial charge in [-0.1, -0.05) is 35.9 Å². The second-order valence-electron chi connectivity index (χ2n) is 8.79. The highest BCUT2D eigenvalue weighted by molar-refractivity contribution is 7.92. The van der Waals surface area contributed by atoms with Crippen LogP contribution in [0.4, 0.5) is 11.4 Å². The Morgan fingerprint density at radius 2 is 1.69 bits per heavy atom. The van der Waals surface area contributed by atoms with E-state index in [0.717, 1.165) is 18.4 Å². The van der Waals surface area contributed by atoms with Gasteiger partial charge >= 0.3 is 0 Å². The Morgan fingerprint density at radius 1 is 0.944 bits per heavy atom. The van der Waals surface area contributed by atoms with Crippen LogP contribution >= 0.6 is 0 Å². The van der Waals surface area contributed by atoms with Crippen molar-refractivity contribution in [3.05, 3.63) is 89.0 Å². The molecule has 3 aromatic carbocycles. The molecule has 2 amide bonds. The quantitative estimate of drug-likeness (QED) is 0.422. The predicted octanol–water partition coefficient (Wildman–Crippen LogP) is 4.27. The third-order valence-corrected chi connectivity index (χ3v) is 7.39. The highest BCUT2D eigenvalue weighted by atomic mass is 32.2. The van der Waals surface area contributed by atoms with Crippen LogP contribution in [0.15, 0.2) is 71.6 Å². The maximum Gasteiger partial charge on any atom is 0.261 e. The van der Waals surface area contributed by atoms with Crippen LogP contribution < -0.4 is 15.4 Å². The number of sulfonamides is 1. The smallest absolute Gasteiger partial charge is 0.261 e. The molecule has 0 aromatic heterocycles. The lowest BCUT2D eigenvalue weighted by molar-refractivity contribution is 0.0858. The summed E-state index contributed by atoms with van der Waals surface area (Å²) in [5.41, 5.74) is 2.84. The molecule has 0 spiro atoms. The molecule has 8 nitrogen and oxygen atoms in total. The number of anilines is 2. The molecule has 1 atom stereocenters. The maximum absolute atomic E-state index is 13.1. The van der Waals surface area contributed by atoms with E-state index in [9.17, 15) is 18.0 Å². The summed E-state index contributed by atoms with van der Waals surface area (Å²) in [5.74, 6) is -0.776. The summed E-state index contributed by atoms with van der Waals surface area (Å²) in [4.78, 5) is 25.9. The van der Waals surface area contributed by atoms with Crippen LogP contribution in [-0.2, 0) is 14.8 Å². The molecule has 1 heterocycles. The van der Waals surface area contributed by atoms with Gasteiger partial charge in [0.15, 0.2) is 0 Å². The molecule has 0 radical (unpaired) electrons. The van der Waals surface area contributed by atoms with Gasteiger partial charge in [-0.15, -0.1) is 0 Å². The first kappa shape index (κ1) is 25.4. The molecule has 3 aromatic rings. The predicted molar refractivity (Wildman–Crippen MR) is 139 cm³/mol. The minimum absolute atomic E-state index is 0.00497. The largest absolute Gasteiger partial charge is 0.376 e. The lowest BCUT2D eigenvalue weighted by Gasteiger charge is -2.15. The van der Waals surface area contributed by atoms with Gasteiger partial charge in [0.1, 0.15) is 0 Å². The van der Waals surface area contributed by atoms with Crippen LogP contribution in [0.1, 0.15) is 44.7 Å². The van der Waals surface area contributed by atoms with Crippen LogP contribution in [0.3, 0.4) is 0 Å². The number of aryl methyl sites for hydroxylation is 2. The Kier molecular flexibility index (Phi) is 7.71. The Bertz CT molecular complexity index is 1360. The Balaban J connectivity index is 1.49. The molecule has 1 fully saturated rings. The third kappa shape index (κ3) is 6.10. The molecular formula is C27H29N3O5S. The summed E-state index contributed by atoms with van der Waals surface area (Å²) in [6.45, 7) is 4.74. The van der Waals surface area contributed by atoms with Crippen molar-refractivity contribution < 1.29 is 22.7 Å². The molecule has 0 bridgehead atoms. The molecule has 9 heteroatoms. The molecular weight excluding hydrogens is 478 g/mol. The van der Waals surface area contributed by atoms with Gasteiger partial charge in [0.05, 0.1) is 27.9 Å². The second kappa shape index (κ2) is 10.9. The molecule has 4 rings (SSSR count). The number of carbonyl (C=O) groups is 2. The topological polar surface area (TPSA) is 114 Å². The highest BCUT2D eigenvalue weighted by Crippen LogP contribution is 2.23. The fraction of sp³-hybridized carbons (Fsp3) is 0.259. The molecule has 1 aliphatic rings. The standard InChI is InChI=1S/C27H29N3O5S/c1-18-9-13-22(14-10-18)36(33,34)30-25-16-20(12-11-19(25)2)26(31)29-24-8-4-3-7-23(24)27(32)28-17-21-6-5-15-35-21/h3-4,7-14,16,21,30H,5-6,15,17H2,1-2H3,(H,28,32)(H,29,31)/t21-/m1/s1. The number of hydrogen-bond donors (Lipinski definition) is 3. The molecule has 188 valence electrons. The number of benzene rings is 3. The summed E-state index contributed by atoms with van der Waals surface area (Å²) in [7, 11) is -3.83. The molecule has 1 saturated heterocycles. The first-order valence-corrected chi connectivity index (χ1v) is 13.2. The van der Waals surface area contributed by atoms with Crippen molar-refractivity contribution in [2.45, 2.75) is 37.7 Å². The zero-order chi connectivity index (χ0) is 25.7. The molecule has 0 aliphatic carbocycles. The van der Waals surface area contributed by atoms with E-state index in [1.165, 1.54) is 18.2 Å². The van der Waals surface area contributed by atoms with Crippen molar-refractivity contribution in [1.29, 1.82) is 0 Å². The minimum Gasteiger partial charge on any atom is -0.376 e. The number of rotatable bonds is 8. The average molecular weight is 508 g/mol. The maximum atomic E-state index is 13.1. The van der Waals surface area contributed by atoms with Gasteiger partial charge in [0.25, 0.3) is 21.8 Å². The number of ether oxygens (including phenoxy) is 1. The van der Waals surface area contributed by atoms with Crippen LogP contribution in [0.2, 0.25) is 0 Å². The Hall–Kier alpha value is -3.69. The van der Waals surface area contributed by atoms with E-state index >= 15 is 0 Å². The van der Waals surface area contributed by atoms with E-state index < -0.39 is 15.9 Å². The second-order valence-corrected chi connectivity index (χ2v) is 10.5. The van der Waals surface area contributed by atoms with E-state index in [2.05, 4.69) is 15.4 Å². The van der Waals surface area contributed by atoms with Crippen LogP contribution in [0.25, 0.3) is 0 Å². The first-order chi connectivity index (χ1) is 17.2. The fourth-order valence-electron chi connectivity index (χ4n) is 3.89.